The Kier molecular flexibility index (Phi) is 3.82. The Morgan fingerprint density at radius 3 is 2.62 bits per heavy atom. The topological polar surface area (TPSA) is 49.8 Å². The highest BCUT2D eigenvalue weighted by atomic mass is 35.5. The number of aliphatic hydroxyl groups excluding tert-OH is 1. The van der Waals surface area contributed by atoms with Gasteiger partial charge in [0.05, 0.1) is 12.2 Å². The van der Waals surface area contributed by atoms with Crippen molar-refractivity contribution in [1.29, 1.82) is 0 Å². The molecule has 0 saturated carbocycles. The summed E-state index contributed by atoms with van der Waals surface area (Å²) in [5.74, 6) is 0.385. The second kappa shape index (κ2) is 5.76. The number of benzene rings is 2. The fourth-order valence-corrected chi connectivity index (χ4v) is 2.51. The molecule has 1 aliphatic rings. The van der Waals surface area contributed by atoms with E-state index in [1.807, 2.05) is 18.2 Å². The maximum Gasteiger partial charge on any atom is 0.260 e. The molecule has 5 heteroatoms. The zero-order valence-corrected chi connectivity index (χ0v) is 12.0. The van der Waals surface area contributed by atoms with E-state index in [9.17, 15) is 9.90 Å². The lowest BCUT2D eigenvalue weighted by Crippen LogP contribution is -2.32. The molecule has 1 unspecified atom stereocenters. The standard InChI is InChI=1S/C16H14ClNO3/c17-11-5-7-12(8-6-11)21-10-9-18-14-4-2-1-3-13(14)15(19)16(18)20/h1-8,15,19H,9-10H2. The first-order valence-electron chi connectivity index (χ1n) is 6.63. The number of hydrogen-bond donors (Lipinski definition) is 1. The number of carbonyl (C=O) groups excluding carboxylic acids is 1. The number of halogens is 1. The minimum absolute atomic E-state index is 0.309. The normalized spacial score (nSPS) is 17.0. The van der Waals surface area contributed by atoms with Gasteiger partial charge in [0.1, 0.15) is 12.4 Å². The molecule has 21 heavy (non-hydrogen) atoms. The molecule has 1 atom stereocenters. The number of aliphatic hydroxyl groups is 1. The van der Waals surface area contributed by atoms with Gasteiger partial charge in [0.25, 0.3) is 5.91 Å². The minimum atomic E-state index is -1.07. The molecule has 3 rings (SSSR count). The Bertz CT molecular complexity index is 657. The SMILES string of the molecule is O=C1C(O)c2ccccc2N1CCOc1ccc(Cl)cc1. The van der Waals surface area contributed by atoms with Gasteiger partial charge in [-0.25, -0.2) is 0 Å². The Labute approximate surface area is 127 Å². The van der Waals surface area contributed by atoms with Crippen molar-refractivity contribution < 1.29 is 14.6 Å². The van der Waals surface area contributed by atoms with Crippen molar-refractivity contribution in [3.63, 3.8) is 0 Å². The summed E-state index contributed by atoms with van der Waals surface area (Å²) in [4.78, 5) is 13.6. The lowest BCUT2D eigenvalue weighted by Gasteiger charge is -2.17. The smallest absolute Gasteiger partial charge is 0.260 e. The Hall–Kier alpha value is -2.04. The van der Waals surface area contributed by atoms with Crippen LogP contribution in [0, 0.1) is 0 Å². The van der Waals surface area contributed by atoms with E-state index in [-0.39, 0.29) is 5.91 Å². The van der Waals surface area contributed by atoms with Crippen LogP contribution >= 0.6 is 11.6 Å². The van der Waals surface area contributed by atoms with Crippen molar-refractivity contribution in [2.45, 2.75) is 6.10 Å². The molecule has 2 aromatic carbocycles. The van der Waals surface area contributed by atoms with E-state index < -0.39 is 6.10 Å². The summed E-state index contributed by atoms with van der Waals surface area (Å²) in [6.45, 7) is 0.726. The molecule has 1 aliphatic heterocycles. The molecule has 0 saturated heterocycles. The number of anilines is 1. The maximum absolute atomic E-state index is 12.1. The van der Waals surface area contributed by atoms with Crippen LogP contribution in [0.3, 0.4) is 0 Å². The first kappa shape index (κ1) is 13.9. The van der Waals surface area contributed by atoms with Crippen molar-refractivity contribution in [3.8, 4) is 5.75 Å². The van der Waals surface area contributed by atoms with Crippen molar-refractivity contribution in [1.82, 2.24) is 0 Å². The number of fused-ring (bicyclic) bond motifs is 1. The van der Waals surface area contributed by atoms with Gasteiger partial charge < -0.3 is 14.7 Å². The van der Waals surface area contributed by atoms with Crippen molar-refractivity contribution in [2.24, 2.45) is 0 Å². The van der Waals surface area contributed by atoms with E-state index in [2.05, 4.69) is 0 Å². The summed E-state index contributed by atoms with van der Waals surface area (Å²) >= 11 is 5.80. The molecule has 0 aliphatic carbocycles. The molecule has 4 nitrogen and oxygen atoms in total. The van der Waals surface area contributed by atoms with E-state index >= 15 is 0 Å². The van der Waals surface area contributed by atoms with Gasteiger partial charge in [-0.3, -0.25) is 4.79 Å². The number of rotatable bonds is 4. The molecule has 1 amide bonds. The van der Waals surface area contributed by atoms with Crippen molar-refractivity contribution in [3.05, 3.63) is 59.1 Å². The number of para-hydroxylation sites is 1. The molecular formula is C16H14ClNO3. The van der Waals surface area contributed by atoms with E-state index in [0.29, 0.717) is 29.5 Å². The first-order valence-corrected chi connectivity index (χ1v) is 7.01. The van der Waals surface area contributed by atoms with Gasteiger partial charge in [0.15, 0.2) is 6.10 Å². The Morgan fingerprint density at radius 1 is 1.14 bits per heavy atom. The second-order valence-electron chi connectivity index (χ2n) is 4.75. The zero-order valence-electron chi connectivity index (χ0n) is 11.2. The number of nitrogens with zero attached hydrogens (tertiary/aromatic N) is 1. The van der Waals surface area contributed by atoms with Crippen LogP contribution in [0.25, 0.3) is 0 Å². The largest absolute Gasteiger partial charge is 0.492 e. The minimum Gasteiger partial charge on any atom is -0.492 e. The summed E-state index contributed by atoms with van der Waals surface area (Å²) in [5, 5.41) is 10.6. The van der Waals surface area contributed by atoms with Crippen molar-refractivity contribution >= 4 is 23.2 Å². The van der Waals surface area contributed by atoms with Gasteiger partial charge in [-0.2, -0.15) is 0 Å². The molecule has 2 aromatic rings. The quantitative estimate of drug-likeness (QED) is 0.945. The predicted molar refractivity (Wildman–Crippen MR) is 80.7 cm³/mol. The second-order valence-corrected chi connectivity index (χ2v) is 5.19. The maximum atomic E-state index is 12.1. The zero-order chi connectivity index (χ0) is 14.8. The van der Waals surface area contributed by atoms with E-state index in [1.54, 1.807) is 35.2 Å². The van der Waals surface area contributed by atoms with Crippen LogP contribution in [0.15, 0.2) is 48.5 Å². The van der Waals surface area contributed by atoms with Crippen LogP contribution in [-0.2, 0) is 4.79 Å². The average molecular weight is 304 g/mol. The molecular weight excluding hydrogens is 290 g/mol. The van der Waals surface area contributed by atoms with Crippen LogP contribution in [0.2, 0.25) is 5.02 Å². The fraction of sp³-hybridized carbons (Fsp3) is 0.188. The molecule has 0 spiro atoms. The lowest BCUT2D eigenvalue weighted by molar-refractivity contribution is -0.125. The summed E-state index contributed by atoms with van der Waals surface area (Å²) in [5.41, 5.74) is 1.39. The summed E-state index contributed by atoms with van der Waals surface area (Å²) < 4.78 is 5.59. The van der Waals surface area contributed by atoms with E-state index in [0.717, 1.165) is 5.69 Å². The number of hydrogen-bond acceptors (Lipinski definition) is 3. The third-order valence-corrected chi connectivity index (χ3v) is 3.67. The van der Waals surface area contributed by atoms with Crippen LogP contribution < -0.4 is 9.64 Å². The van der Waals surface area contributed by atoms with Gasteiger partial charge in [-0.1, -0.05) is 29.8 Å². The lowest BCUT2D eigenvalue weighted by atomic mass is 10.1. The number of ether oxygens (including phenoxy) is 1. The molecule has 1 N–H and O–H groups in total. The highest BCUT2D eigenvalue weighted by Crippen LogP contribution is 2.35. The van der Waals surface area contributed by atoms with Crippen LogP contribution in [0.1, 0.15) is 11.7 Å². The summed E-state index contributed by atoms with van der Waals surface area (Å²) in [6.07, 6.45) is -1.07. The van der Waals surface area contributed by atoms with Crippen LogP contribution in [0.4, 0.5) is 5.69 Å². The van der Waals surface area contributed by atoms with E-state index in [1.165, 1.54) is 0 Å². The number of amides is 1. The highest BCUT2D eigenvalue weighted by Gasteiger charge is 2.35. The summed E-state index contributed by atoms with van der Waals surface area (Å²) in [7, 11) is 0. The summed E-state index contributed by atoms with van der Waals surface area (Å²) in [6, 6.07) is 14.3. The third-order valence-electron chi connectivity index (χ3n) is 3.42. The average Bonchev–Trinajstić information content (AvgIpc) is 2.75. The van der Waals surface area contributed by atoms with Gasteiger partial charge >= 0.3 is 0 Å². The van der Waals surface area contributed by atoms with Crippen molar-refractivity contribution in [2.75, 3.05) is 18.1 Å². The Balaban J connectivity index is 1.66. The Morgan fingerprint density at radius 2 is 1.86 bits per heavy atom. The van der Waals surface area contributed by atoms with Gasteiger partial charge in [-0.05, 0) is 30.3 Å². The van der Waals surface area contributed by atoms with Gasteiger partial charge in [-0.15, -0.1) is 0 Å². The highest BCUT2D eigenvalue weighted by molar-refractivity contribution is 6.30. The molecule has 0 radical (unpaired) electrons. The van der Waals surface area contributed by atoms with Gasteiger partial charge in [0, 0.05) is 10.6 Å². The van der Waals surface area contributed by atoms with Gasteiger partial charge in [0.2, 0.25) is 0 Å². The van der Waals surface area contributed by atoms with Crippen LogP contribution in [0.5, 0.6) is 5.75 Å². The fourth-order valence-electron chi connectivity index (χ4n) is 2.38. The third kappa shape index (κ3) is 2.73. The molecule has 108 valence electrons. The molecule has 0 fully saturated rings. The molecule has 1 heterocycles. The molecule has 0 aromatic heterocycles. The monoisotopic (exact) mass is 303 g/mol. The first-order chi connectivity index (χ1) is 10.2. The predicted octanol–water partition coefficient (Wildman–Crippen LogP) is 2.80. The molecule has 0 bridgehead atoms. The van der Waals surface area contributed by atoms with Crippen LogP contribution in [-0.4, -0.2) is 24.2 Å². The number of carbonyl (C=O) groups is 1. The van der Waals surface area contributed by atoms with E-state index in [4.69, 9.17) is 16.3 Å².